The number of nitrogens with one attached hydrogen (secondary N) is 1. The zero-order chi connectivity index (χ0) is 13.7. The van der Waals surface area contributed by atoms with Crippen molar-refractivity contribution in [2.24, 2.45) is 0 Å². The topological polar surface area (TPSA) is 41.0 Å². The molecule has 0 aliphatic rings. The van der Waals surface area contributed by atoms with Crippen LogP contribution in [0, 0.1) is 6.92 Å². The first kappa shape index (κ1) is 14.0. The van der Waals surface area contributed by atoms with Gasteiger partial charge < -0.3 is 10.2 Å². The van der Waals surface area contributed by atoms with Crippen molar-refractivity contribution < 1.29 is 0 Å². The van der Waals surface area contributed by atoms with Gasteiger partial charge in [0.15, 0.2) is 5.13 Å². The highest BCUT2D eigenvalue weighted by molar-refractivity contribution is 7.15. The SMILES string of the molecule is CCNCc1sc(N(C)Cc2ccncc2)nc1C. The van der Waals surface area contributed by atoms with Gasteiger partial charge in [0.05, 0.1) is 5.69 Å². The van der Waals surface area contributed by atoms with Crippen molar-refractivity contribution in [3.63, 3.8) is 0 Å². The normalized spacial score (nSPS) is 10.7. The van der Waals surface area contributed by atoms with E-state index in [1.54, 1.807) is 11.3 Å². The summed E-state index contributed by atoms with van der Waals surface area (Å²) in [5, 5.41) is 4.42. The van der Waals surface area contributed by atoms with Crippen LogP contribution in [0.15, 0.2) is 24.5 Å². The molecule has 2 rings (SSSR count). The zero-order valence-corrected chi connectivity index (χ0v) is 12.5. The van der Waals surface area contributed by atoms with Crippen molar-refractivity contribution in [2.75, 3.05) is 18.5 Å². The Kier molecular flexibility index (Phi) is 4.87. The first-order valence-electron chi connectivity index (χ1n) is 6.47. The van der Waals surface area contributed by atoms with Crippen LogP contribution in [0.3, 0.4) is 0 Å². The van der Waals surface area contributed by atoms with Crippen molar-refractivity contribution in [3.05, 3.63) is 40.7 Å². The summed E-state index contributed by atoms with van der Waals surface area (Å²) in [6.45, 7) is 6.94. The maximum atomic E-state index is 4.65. The second-order valence-corrected chi connectivity index (χ2v) is 5.56. The molecule has 102 valence electrons. The van der Waals surface area contributed by atoms with Crippen LogP contribution in [0.4, 0.5) is 5.13 Å². The Morgan fingerprint density at radius 3 is 2.74 bits per heavy atom. The molecule has 0 aliphatic heterocycles. The van der Waals surface area contributed by atoms with Crippen molar-refractivity contribution in [2.45, 2.75) is 26.9 Å². The van der Waals surface area contributed by atoms with E-state index in [1.165, 1.54) is 10.4 Å². The Hall–Kier alpha value is -1.46. The molecule has 0 amide bonds. The highest BCUT2D eigenvalue weighted by atomic mass is 32.1. The van der Waals surface area contributed by atoms with Gasteiger partial charge in [0.2, 0.25) is 0 Å². The predicted octanol–water partition coefficient (Wildman–Crippen LogP) is 2.59. The van der Waals surface area contributed by atoms with E-state index in [2.05, 4.69) is 41.1 Å². The molecule has 2 heterocycles. The van der Waals surface area contributed by atoms with E-state index >= 15 is 0 Å². The molecule has 1 N–H and O–H groups in total. The largest absolute Gasteiger partial charge is 0.347 e. The Bertz CT molecular complexity index is 509. The van der Waals surface area contributed by atoms with E-state index in [-0.39, 0.29) is 0 Å². The average Bonchev–Trinajstić information content (AvgIpc) is 2.79. The van der Waals surface area contributed by atoms with Crippen LogP contribution in [0.1, 0.15) is 23.1 Å². The molecule has 2 aromatic heterocycles. The fourth-order valence-electron chi connectivity index (χ4n) is 1.81. The molecule has 0 radical (unpaired) electrons. The standard InChI is InChI=1S/C14H20N4S/c1-4-15-9-13-11(2)17-14(19-13)18(3)10-12-5-7-16-8-6-12/h5-8,15H,4,9-10H2,1-3H3. The van der Waals surface area contributed by atoms with E-state index < -0.39 is 0 Å². The fourth-order valence-corrected chi connectivity index (χ4v) is 2.80. The van der Waals surface area contributed by atoms with Gasteiger partial charge in [-0.25, -0.2) is 4.98 Å². The van der Waals surface area contributed by atoms with Crippen LogP contribution in [-0.4, -0.2) is 23.6 Å². The summed E-state index contributed by atoms with van der Waals surface area (Å²) in [6.07, 6.45) is 3.65. The summed E-state index contributed by atoms with van der Waals surface area (Å²) in [7, 11) is 2.08. The molecule has 0 unspecified atom stereocenters. The van der Waals surface area contributed by atoms with Crippen LogP contribution in [0.2, 0.25) is 0 Å². The van der Waals surface area contributed by atoms with Gasteiger partial charge in [-0.2, -0.15) is 0 Å². The van der Waals surface area contributed by atoms with Crippen LogP contribution >= 0.6 is 11.3 Å². The van der Waals surface area contributed by atoms with Gasteiger partial charge in [-0.15, -0.1) is 11.3 Å². The summed E-state index contributed by atoms with van der Waals surface area (Å²) in [5.41, 5.74) is 2.38. The van der Waals surface area contributed by atoms with Crippen molar-refractivity contribution in [1.82, 2.24) is 15.3 Å². The van der Waals surface area contributed by atoms with Crippen LogP contribution in [0.25, 0.3) is 0 Å². The predicted molar refractivity (Wildman–Crippen MR) is 80.6 cm³/mol. The van der Waals surface area contributed by atoms with Crippen molar-refractivity contribution in [1.29, 1.82) is 0 Å². The number of thiazole rings is 1. The second-order valence-electron chi connectivity index (χ2n) is 4.50. The van der Waals surface area contributed by atoms with Crippen LogP contribution < -0.4 is 10.2 Å². The quantitative estimate of drug-likeness (QED) is 0.880. The number of aryl methyl sites for hydroxylation is 1. The minimum Gasteiger partial charge on any atom is -0.347 e. The number of hydrogen-bond donors (Lipinski definition) is 1. The lowest BCUT2D eigenvalue weighted by atomic mass is 10.2. The van der Waals surface area contributed by atoms with Gasteiger partial charge in [-0.05, 0) is 31.2 Å². The van der Waals surface area contributed by atoms with E-state index in [4.69, 9.17) is 0 Å². The molecule has 0 aromatic carbocycles. The smallest absolute Gasteiger partial charge is 0.185 e. The Balaban J connectivity index is 2.05. The summed E-state index contributed by atoms with van der Waals surface area (Å²) >= 11 is 1.76. The molecule has 0 bridgehead atoms. The third kappa shape index (κ3) is 3.75. The number of nitrogens with zero attached hydrogens (tertiary/aromatic N) is 3. The maximum absolute atomic E-state index is 4.65. The van der Waals surface area contributed by atoms with Gasteiger partial charge >= 0.3 is 0 Å². The molecule has 0 atom stereocenters. The van der Waals surface area contributed by atoms with E-state index in [0.29, 0.717) is 0 Å². The number of aromatic nitrogens is 2. The van der Waals surface area contributed by atoms with E-state index in [9.17, 15) is 0 Å². The van der Waals surface area contributed by atoms with E-state index in [0.717, 1.165) is 30.5 Å². The minimum absolute atomic E-state index is 0.857. The van der Waals surface area contributed by atoms with Crippen LogP contribution in [-0.2, 0) is 13.1 Å². The highest BCUT2D eigenvalue weighted by Gasteiger charge is 2.11. The molecule has 0 aliphatic carbocycles. The first-order chi connectivity index (χ1) is 9.20. The van der Waals surface area contributed by atoms with Gasteiger partial charge in [-0.3, -0.25) is 4.98 Å². The summed E-state index contributed by atoms with van der Waals surface area (Å²) in [4.78, 5) is 12.2. The fraction of sp³-hybridized carbons (Fsp3) is 0.429. The first-order valence-corrected chi connectivity index (χ1v) is 7.29. The molecule has 0 fully saturated rings. The molecule has 5 heteroatoms. The molecular weight excluding hydrogens is 256 g/mol. The van der Waals surface area contributed by atoms with Gasteiger partial charge in [-0.1, -0.05) is 6.92 Å². The molecular formula is C14H20N4S. The summed E-state index contributed by atoms with van der Waals surface area (Å²) < 4.78 is 0. The number of hydrogen-bond acceptors (Lipinski definition) is 5. The average molecular weight is 276 g/mol. The number of anilines is 1. The Morgan fingerprint density at radius 1 is 1.32 bits per heavy atom. The van der Waals surface area contributed by atoms with Crippen molar-refractivity contribution in [3.8, 4) is 0 Å². The summed E-state index contributed by atoms with van der Waals surface area (Å²) in [6, 6.07) is 4.08. The van der Waals surface area contributed by atoms with Gasteiger partial charge in [0.1, 0.15) is 0 Å². The Labute approximate surface area is 118 Å². The third-order valence-electron chi connectivity index (χ3n) is 2.91. The lowest BCUT2D eigenvalue weighted by Crippen LogP contribution is -2.16. The molecule has 0 saturated heterocycles. The second kappa shape index (κ2) is 6.63. The number of pyridine rings is 1. The number of rotatable bonds is 6. The molecule has 0 spiro atoms. The molecule has 0 saturated carbocycles. The van der Waals surface area contributed by atoms with Gasteiger partial charge in [0, 0.05) is 37.4 Å². The lowest BCUT2D eigenvalue weighted by Gasteiger charge is -2.15. The Morgan fingerprint density at radius 2 is 2.05 bits per heavy atom. The third-order valence-corrected chi connectivity index (χ3v) is 4.18. The highest BCUT2D eigenvalue weighted by Crippen LogP contribution is 2.26. The van der Waals surface area contributed by atoms with Crippen molar-refractivity contribution >= 4 is 16.5 Å². The van der Waals surface area contributed by atoms with Crippen LogP contribution in [0.5, 0.6) is 0 Å². The monoisotopic (exact) mass is 276 g/mol. The van der Waals surface area contributed by atoms with E-state index in [1.807, 2.05) is 24.5 Å². The maximum Gasteiger partial charge on any atom is 0.185 e. The van der Waals surface area contributed by atoms with Gasteiger partial charge in [0.25, 0.3) is 0 Å². The molecule has 19 heavy (non-hydrogen) atoms. The molecule has 4 nitrogen and oxygen atoms in total. The molecule has 2 aromatic rings. The summed E-state index contributed by atoms with van der Waals surface area (Å²) in [5.74, 6) is 0. The zero-order valence-electron chi connectivity index (χ0n) is 11.7. The lowest BCUT2D eigenvalue weighted by molar-refractivity contribution is 0.731. The minimum atomic E-state index is 0.857.